The zero-order valence-electron chi connectivity index (χ0n) is 9.08. The lowest BCUT2D eigenvalue weighted by atomic mass is 9.98. The van der Waals surface area contributed by atoms with Crippen molar-refractivity contribution >= 4 is 11.8 Å². The number of nitrogens with two attached hydrogens (primary N) is 1. The molecule has 0 aromatic rings. The lowest BCUT2D eigenvalue weighted by Gasteiger charge is -2.23. The summed E-state index contributed by atoms with van der Waals surface area (Å²) in [6.07, 6.45) is 2.15. The van der Waals surface area contributed by atoms with E-state index in [1.807, 2.05) is 0 Å². The molecule has 1 unspecified atom stereocenters. The molecule has 5 heteroatoms. The second-order valence-corrected chi connectivity index (χ2v) is 4.12. The quantitative estimate of drug-likeness (QED) is 0.581. The maximum Gasteiger partial charge on any atom is 0.224 e. The Morgan fingerprint density at radius 3 is 2.87 bits per heavy atom. The number of hydrogen-bond donors (Lipinski definition) is 3. The molecule has 1 heterocycles. The molecular formula is C10H19N3O2. The van der Waals surface area contributed by atoms with Crippen LogP contribution in [-0.4, -0.2) is 30.9 Å². The summed E-state index contributed by atoms with van der Waals surface area (Å²) in [6.45, 7) is 3.51. The Morgan fingerprint density at radius 1 is 1.60 bits per heavy atom. The fraction of sp³-hybridized carbons (Fsp3) is 0.800. The van der Waals surface area contributed by atoms with Gasteiger partial charge in [0.2, 0.25) is 11.8 Å². The minimum absolute atomic E-state index is 0.0240. The third-order valence-corrected chi connectivity index (χ3v) is 2.56. The third-order valence-electron chi connectivity index (χ3n) is 2.56. The van der Waals surface area contributed by atoms with Crippen LogP contribution in [0.25, 0.3) is 0 Å². The highest BCUT2D eigenvalue weighted by Gasteiger charge is 2.22. The molecule has 1 aliphatic heterocycles. The van der Waals surface area contributed by atoms with E-state index in [1.54, 1.807) is 6.92 Å². The molecule has 4 N–H and O–H groups in total. The van der Waals surface area contributed by atoms with E-state index in [2.05, 4.69) is 10.6 Å². The molecule has 1 rings (SSSR count). The predicted molar refractivity (Wildman–Crippen MR) is 57.0 cm³/mol. The van der Waals surface area contributed by atoms with Gasteiger partial charge in [-0.1, -0.05) is 0 Å². The first-order valence-corrected chi connectivity index (χ1v) is 5.39. The number of nitrogens with one attached hydrogen (secondary N) is 2. The Labute approximate surface area is 89.8 Å². The summed E-state index contributed by atoms with van der Waals surface area (Å²) >= 11 is 0. The number of rotatable bonds is 4. The van der Waals surface area contributed by atoms with Gasteiger partial charge in [0.1, 0.15) is 0 Å². The molecule has 1 aliphatic rings. The number of hydrogen-bond acceptors (Lipinski definition) is 3. The van der Waals surface area contributed by atoms with Gasteiger partial charge in [0.15, 0.2) is 0 Å². The van der Waals surface area contributed by atoms with Crippen LogP contribution in [0.2, 0.25) is 0 Å². The van der Waals surface area contributed by atoms with Gasteiger partial charge in [0.25, 0.3) is 0 Å². The number of carbonyl (C=O) groups excluding carboxylic acids is 2. The molecule has 0 aromatic carbocycles. The molecule has 86 valence electrons. The summed E-state index contributed by atoms with van der Waals surface area (Å²) in [5.41, 5.74) is 5.04. The van der Waals surface area contributed by atoms with Crippen molar-refractivity contribution in [3.05, 3.63) is 0 Å². The molecule has 0 aliphatic carbocycles. The van der Waals surface area contributed by atoms with E-state index in [0.29, 0.717) is 0 Å². The summed E-state index contributed by atoms with van der Waals surface area (Å²) in [5.74, 6) is -0.324. The smallest absolute Gasteiger partial charge is 0.224 e. The molecule has 2 amide bonds. The molecule has 1 saturated heterocycles. The molecule has 1 fully saturated rings. The minimum atomic E-state index is -0.385. The van der Waals surface area contributed by atoms with Crippen LogP contribution in [0.15, 0.2) is 0 Å². The van der Waals surface area contributed by atoms with Crippen LogP contribution in [0.1, 0.15) is 26.2 Å². The van der Waals surface area contributed by atoms with Crippen LogP contribution in [0.3, 0.4) is 0 Å². The highest BCUT2D eigenvalue weighted by Crippen LogP contribution is 2.10. The van der Waals surface area contributed by atoms with Gasteiger partial charge in [-0.15, -0.1) is 0 Å². The number of primary amides is 1. The molecular weight excluding hydrogens is 194 g/mol. The molecule has 2 atom stereocenters. The third kappa shape index (κ3) is 4.29. The van der Waals surface area contributed by atoms with Gasteiger partial charge in [-0.3, -0.25) is 9.59 Å². The summed E-state index contributed by atoms with van der Waals surface area (Å²) in [6, 6.07) is -0.170. The second kappa shape index (κ2) is 5.70. The van der Waals surface area contributed by atoms with Crippen molar-refractivity contribution in [2.24, 2.45) is 11.7 Å². The molecule has 0 radical (unpaired) electrons. The van der Waals surface area contributed by atoms with Crippen molar-refractivity contribution in [1.29, 1.82) is 0 Å². The minimum Gasteiger partial charge on any atom is -0.370 e. The largest absolute Gasteiger partial charge is 0.370 e. The summed E-state index contributed by atoms with van der Waals surface area (Å²) in [4.78, 5) is 22.3. The lowest BCUT2D eigenvalue weighted by Crippen LogP contribution is -2.44. The zero-order valence-corrected chi connectivity index (χ0v) is 9.08. The summed E-state index contributed by atoms with van der Waals surface area (Å²) < 4.78 is 0. The Hall–Kier alpha value is -1.10. The van der Waals surface area contributed by atoms with E-state index >= 15 is 0 Å². The fourth-order valence-electron chi connectivity index (χ4n) is 1.79. The first kappa shape index (κ1) is 12.0. The van der Waals surface area contributed by atoms with E-state index < -0.39 is 0 Å². The van der Waals surface area contributed by atoms with Gasteiger partial charge in [-0.05, 0) is 26.3 Å². The van der Waals surface area contributed by atoms with Gasteiger partial charge < -0.3 is 16.4 Å². The van der Waals surface area contributed by atoms with Crippen LogP contribution in [-0.2, 0) is 9.59 Å². The topological polar surface area (TPSA) is 84.2 Å². The van der Waals surface area contributed by atoms with Gasteiger partial charge in [-0.2, -0.15) is 0 Å². The normalized spacial score (nSPS) is 23.1. The predicted octanol–water partition coefficient (Wildman–Crippen LogP) is -0.634. The lowest BCUT2D eigenvalue weighted by molar-refractivity contribution is -0.126. The Balaban J connectivity index is 2.30. The second-order valence-electron chi connectivity index (χ2n) is 4.12. The molecule has 0 bridgehead atoms. The highest BCUT2D eigenvalue weighted by atomic mass is 16.2. The number of piperidine rings is 1. The zero-order chi connectivity index (χ0) is 11.3. The number of carbonyl (C=O) groups is 2. The van der Waals surface area contributed by atoms with Gasteiger partial charge in [0.05, 0.1) is 5.92 Å². The van der Waals surface area contributed by atoms with Crippen molar-refractivity contribution in [2.45, 2.75) is 32.2 Å². The van der Waals surface area contributed by atoms with Crippen LogP contribution in [0, 0.1) is 5.92 Å². The van der Waals surface area contributed by atoms with Crippen molar-refractivity contribution < 1.29 is 9.59 Å². The first-order chi connectivity index (χ1) is 7.09. The van der Waals surface area contributed by atoms with E-state index in [4.69, 9.17) is 5.73 Å². The van der Waals surface area contributed by atoms with Crippen molar-refractivity contribution in [1.82, 2.24) is 10.6 Å². The van der Waals surface area contributed by atoms with Gasteiger partial charge in [0, 0.05) is 19.0 Å². The Kier molecular flexibility index (Phi) is 4.55. The van der Waals surface area contributed by atoms with Crippen molar-refractivity contribution in [3.63, 3.8) is 0 Å². The van der Waals surface area contributed by atoms with Crippen molar-refractivity contribution in [2.75, 3.05) is 13.1 Å². The van der Waals surface area contributed by atoms with Crippen LogP contribution in [0.5, 0.6) is 0 Å². The van der Waals surface area contributed by atoms with Crippen LogP contribution in [0.4, 0.5) is 0 Å². The van der Waals surface area contributed by atoms with E-state index in [0.717, 1.165) is 25.9 Å². The average Bonchev–Trinajstić information content (AvgIpc) is 2.17. The maximum atomic E-state index is 11.7. The number of amides is 2. The van der Waals surface area contributed by atoms with Crippen LogP contribution < -0.4 is 16.4 Å². The highest BCUT2D eigenvalue weighted by molar-refractivity contribution is 5.80. The summed E-state index contributed by atoms with van der Waals surface area (Å²) in [5, 5.41) is 5.98. The molecule has 5 nitrogen and oxygen atoms in total. The van der Waals surface area contributed by atoms with E-state index in [-0.39, 0.29) is 30.2 Å². The van der Waals surface area contributed by atoms with Gasteiger partial charge in [-0.25, -0.2) is 0 Å². The molecule has 15 heavy (non-hydrogen) atoms. The Bertz CT molecular complexity index is 237. The standard InChI is InChI=1S/C10H19N3O2/c1-7(5-9(11)14)13-10(15)8-3-2-4-12-6-8/h7-8,12H,2-6H2,1H3,(H2,11,14)(H,13,15)/t7?,8-/m1/s1. The van der Waals surface area contributed by atoms with Crippen molar-refractivity contribution in [3.8, 4) is 0 Å². The fourth-order valence-corrected chi connectivity index (χ4v) is 1.79. The monoisotopic (exact) mass is 213 g/mol. The van der Waals surface area contributed by atoms with Crippen LogP contribution >= 0.6 is 0 Å². The molecule has 0 spiro atoms. The maximum absolute atomic E-state index is 11.7. The first-order valence-electron chi connectivity index (χ1n) is 5.39. The van der Waals surface area contributed by atoms with E-state index in [9.17, 15) is 9.59 Å². The average molecular weight is 213 g/mol. The SMILES string of the molecule is CC(CC(N)=O)NC(=O)[C@@H]1CCCNC1. The van der Waals surface area contributed by atoms with E-state index in [1.165, 1.54) is 0 Å². The summed E-state index contributed by atoms with van der Waals surface area (Å²) in [7, 11) is 0. The molecule has 0 saturated carbocycles. The van der Waals surface area contributed by atoms with Gasteiger partial charge >= 0.3 is 0 Å². The Morgan fingerprint density at radius 2 is 2.33 bits per heavy atom. The molecule has 0 aromatic heterocycles.